The Labute approximate surface area is 134 Å². The lowest BCUT2D eigenvalue weighted by molar-refractivity contribution is 0.141. The van der Waals surface area contributed by atoms with E-state index < -0.39 is 15.8 Å². The van der Waals surface area contributed by atoms with E-state index in [1.165, 1.54) is 22.5 Å². The number of piperidine rings is 1. The Morgan fingerprint density at radius 2 is 1.81 bits per heavy atom. The van der Waals surface area contributed by atoms with Crippen molar-refractivity contribution in [3.63, 3.8) is 0 Å². The first-order valence-corrected chi connectivity index (χ1v) is 9.53. The number of rotatable bonds is 4. The van der Waals surface area contributed by atoms with Crippen LogP contribution in [0.5, 0.6) is 0 Å². The molecule has 118 valence electrons. The molecule has 0 aromatic heterocycles. The Hall–Kier alpha value is -0.460. The van der Waals surface area contributed by atoms with Crippen LogP contribution < -0.4 is 0 Å². The highest BCUT2D eigenvalue weighted by Gasteiger charge is 2.36. The molecule has 0 bridgehead atoms. The molecule has 1 aliphatic rings. The van der Waals surface area contributed by atoms with Crippen molar-refractivity contribution in [2.24, 2.45) is 5.41 Å². The molecule has 0 spiro atoms. The summed E-state index contributed by atoms with van der Waals surface area (Å²) in [6, 6.07) is 3.71. The summed E-state index contributed by atoms with van der Waals surface area (Å²) in [6.45, 7) is 5.41. The molecule has 0 saturated carbocycles. The minimum atomic E-state index is -3.56. The average Bonchev–Trinajstić information content (AvgIpc) is 2.47. The molecule has 0 N–H and O–H groups in total. The monoisotopic (exact) mass is 377 g/mol. The molecular weight excluding hydrogens is 357 g/mol. The maximum Gasteiger partial charge on any atom is 0.244 e. The van der Waals surface area contributed by atoms with Crippen LogP contribution in [-0.2, 0) is 10.0 Å². The third kappa shape index (κ3) is 3.32. The standard InChI is InChI=1S/C15H21BrFNO2S/c1-3-15(4-2)7-9-18(10-8-15)21(19,20)14-6-5-12(17)11-13(14)16/h5-6,11H,3-4,7-10H2,1-2H3. The second-order valence-corrected chi connectivity index (χ2v) is 8.45. The van der Waals surface area contributed by atoms with Crippen LogP contribution in [0.1, 0.15) is 39.5 Å². The SMILES string of the molecule is CCC1(CC)CCN(S(=O)(=O)c2ccc(F)cc2Br)CC1. The van der Waals surface area contributed by atoms with Crippen molar-refractivity contribution in [3.8, 4) is 0 Å². The van der Waals surface area contributed by atoms with Gasteiger partial charge in [-0.2, -0.15) is 4.31 Å². The summed E-state index contributed by atoms with van der Waals surface area (Å²) in [5.41, 5.74) is 0.270. The van der Waals surface area contributed by atoms with Gasteiger partial charge in [-0.1, -0.05) is 26.7 Å². The van der Waals surface area contributed by atoms with Crippen LogP contribution in [-0.4, -0.2) is 25.8 Å². The molecule has 1 aromatic rings. The number of benzene rings is 1. The lowest BCUT2D eigenvalue weighted by Gasteiger charge is -2.40. The van der Waals surface area contributed by atoms with Gasteiger partial charge in [0, 0.05) is 17.6 Å². The first kappa shape index (κ1) is 16.9. The quantitative estimate of drug-likeness (QED) is 0.788. The minimum Gasteiger partial charge on any atom is -0.207 e. The van der Waals surface area contributed by atoms with E-state index in [2.05, 4.69) is 29.8 Å². The number of sulfonamides is 1. The van der Waals surface area contributed by atoms with E-state index in [1.54, 1.807) is 0 Å². The second-order valence-electron chi connectivity index (χ2n) is 5.69. The molecule has 1 heterocycles. The van der Waals surface area contributed by atoms with Crippen LogP contribution in [0, 0.1) is 11.2 Å². The molecule has 1 fully saturated rings. The fourth-order valence-corrected chi connectivity index (χ4v) is 5.43. The Morgan fingerprint density at radius 1 is 1.24 bits per heavy atom. The lowest BCUT2D eigenvalue weighted by Crippen LogP contribution is -2.42. The predicted molar refractivity (Wildman–Crippen MR) is 85.1 cm³/mol. The molecule has 21 heavy (non-hydrogen) atoms. The first-order valence-electron chi connectivity index (χ1n) is 7.30. The van der Waals surface area contributed by atoms with E-state index in [-0.39, 0.29) is 14.8 Å². The third-order valence-corrected chi connectivity index (χ3v) is 7.67. The Bertz CT molecular complexity index is 604. The molecule has 2 rings (SSSR count). The normalized spacial score (nSPS) is 19.6. The number of hydrogen-bond donors (Lipinski definition) is 0. The Balaban J connectivity index is 2.22. The fourth-order valence-electron chi connectivity index (χ4n) is 2.98. The van der Waals surface area contributed by atoms with Gasteiger partial charge >= 0.3 is 0 Å². The molecule has 0 atom stereocenters. The molecule has 0 amide bonds. The zero-order chi connectivity index (χ0) is 15.7. The van der Waals surface area contributed by atoms with Crippen molar-refractivity contribution in [1.82, 2.24) is 4.31 Å². The number of halogens is 2. The van der Waals surface area contributed by atoms with Crippen molar-refractivity contribution in [2.45, 2.75) is 44.4 Å². The van der Waals surface area contributed by atoms with Gasteiger partial charge in [-0.25, -0.2) is 12.8 Å². The molecule has 1 aliphatic heterocycles. The smallest absolute Gasteiger partial charge is 0.207 e. The zero-order valence-corrected chi connectivity index (χ0v) is 14.8. The van der Waals surface area contributed by atoms with Crippen LogP contribution in [0.4, 0.5) is 4.39 Å². The van der Waals surface area contributed by atoms with E-state index in [9.17, 15) is 12.8 Å². The second kappa shape index (κ2) is 6.34. The highest BCUT2D eigenvalue weighted by Crippen LogP contribution is 2.39. The molecular formula is C15H21BrFNO2S. The molecule has 6 heteroatoms. The minimum absolute atomic E-state index is 0.143. The van der Waals surface area contributed by atoms with Crippen molar-refractivity contribution >= 4 is 26.0 Å². The van der Waals surface area contributed by atoms with Crippen molar-refractivity contribution in [3.05, 3.63) is 28.5 Å². The summed E-state index contributed by atoms with van der Waals surface area (Å²) in [4.78, 5) is 0.143. The van der Waals surface area contributed by atoms with Gasteiger partial charge < -0.3 is 0 Å². The number of hydrogen-bond acceptors (Lipinski definition) is 2. The summed E-state index contributed by atoms with van der Waals surface area (Å²) in [5, 5.41) is 0. The van der Waals surface area contributed by atoms with Gasteiger partial charge in [0.25, 0.3) is 0 Å². The van der Waals surface area contributed by atoms with E-state index in [1.807, 2.05) is 0 Å². The topological polar surface area (TPSA) is 37.4 Å². The summed E-state index contributed by atoms with van der Waals surface area (Å²) in [7, 11) is -3.56. The molecule has 0 radical (unpaired) electrons. The van der Waals surface area contributed by atoms with Crippen LogP contribution in [0.3, 0.4) is 0 Å². The first-order chi connectivity index (χ1) is 9.84. The highest BCUT2D eigenvalue weighted by molar-refractivity contribution is 9.10. The van der Waals surface area contributed by atoms with Gasteiger partial charge in [0.1, 0.15) is 5.82 Å². The van der Waals surface area contributed by atoms with Crippen LogP contribution in [0.15, 0.2) is 27.6 Å². The van der Waals surface area contributed by atoms with Crippen molar-refractivity contribution in [2.75, 3.05) is 13.1 Å². The van der Waals surface area contributed by atoms with Gasteiger partial charge in [-0.3, -0.25) is 0 Å². The van der Waals surface area contributed by atoms with Gasteiger partial charge in [0.2, 0.25) is 10.0 Å². The van der Waals surface area contributed by atoms with Crippen LogP contribution in [0.2, 0.25) is 0 Å². The average molecular weight is 378 g/mol. The summed E-state index contributed by atoms with van der Waals surface area (Å²) >= 11 is 3.15. The van der Waals surface area contributed by atoms with Crippen molar-refractivity contribution in [1.29, 1.82) is 0 Å². The fraction of sp³-hybridized carbons (Fsp3) is 0.600. The largest absolute Gasteiger partial charge is 0.244 e. The molecule has 1 aromatic carbocycles. The molecule has 3 nitrogen and oxygen atoms in total. The Kier molecular flexibility index (Phi) is 5.11. The molecule has 0 aliphatic carbocycles. The lowest BCUT2D eigenvalue weighted by atomic mass is 9.75. The summed E-state index contributed by atoms with van der Waals surface area (Å²) < 4.78 is 40.3. The van der Waals surface area contributed by atoms with E-state index in [4.69, 9.17) is 0 Å². The highest BCUT2D eigenvalue weighted by atomic mass is 79.9. The van der Waals surface area contributed by atoms with Gasteiger partial charge in [0.05, 0.1) is 4.90 Å². The zero-order valence-electron chi connectivity index (χ0n) is 12.4. The van der Waals surface area contributed by atoms with Gasteiger partial charge in [-0.05, 0) is 52.4 Å². The predicted octanol–water partition coefficient (Wildman–Crippen LogP) is 4.18. The maximum atomic E-state index is 13.1. The summed E-state index contributed by atoms with van der Waals surface area (Å²) in [5.74, 6) is -0.449. The van der Waals surface area contributed by atoms with Gasteiger partial charge in [-0.15, -0.1) is 0 Å². The van der Waals surface area contributed by atoms with E-state index in [0.717, 1.165) is 25.7 Å². The van der Waals surface area contributed by atoms with E-state index in [0.29, 0.717) is 13.1 Å². The Morgan fingerprint density at radius 3 is 2.29 bits per heavy atom. The maximum absolute atomic E-state index is 13.1. The van der Waals surface area contributed by atoms with Gasteiger partial charge in [0.15, 0.2) is 0 Å². The van der Waals surface area contributed by atoms with Crippen LogP contribution >= 0.6 is 15.9 Å². The molecule has 0 unspecified atom stereocenters. The molecule has 1 saturated heterocycles. The number of nitrogens with zero attached hydrogens (tertiary/aromatic N) is 1. The van der Waals surface area contributed by atoms with Crippen LogP contribution in [0.25, 0.3) is 0 Å². The summed E-state index contributed by atoms with van der Waals surface area (Å²) in [6.07, 6.45) is 3.94. The van der Waals surface area contributed by atoms with E-state index >= 15 is 0 Å². The third-order valence-electron chi connectivity index (χ3n) is 4.79. The van der Waals surface area contributed by atoms with Crippen molar-refractivity contribution < 1.29 is 12.8 Å².